The van der Waals surface area contributed by atoms with Gasteiger partial charge in [-0.05, 0) is 54.6 Å². The van der Waals surface area contributed by atoms with Gasteiger partial charge in [0.05, 0.1) is 126 Å². The molecule has 0 unspecified atom stereocenters. The number of fused-ring (bicyclic) bond motifs is 4. The first-order chi connectivity index (χ1) is 50.1. The van der Waals surface area contributed by atoms with Crippen molar-refractivity contribution in [1.82, 2.24) is 79.7 Å². The Kier molecular flexibility index (Phi) is 21.5. The molecule has 0 aliphatic carbocycles. The van der Waals surface area contributed by atoms with Crippen LogP contribution >= 0.6 is 34.8 Å². The molecule has 536 valence electrons. The van der Waals surface area contributed by atoms with Crippen LogP contribution in [-0.2, 0) is 35.0 Å². The number of ether oxygens (including phenoxy) is 4. The molecule has 0 spiro atoms. The van der Waals surface area contributed by atoms with Crippen LogP contribution in [-0.4, -0.2) is 200 Å². The highest BCUT2D eigenvalue weighted by molar-refractivity contribution is 7.90. The van der Waals surface area contributed by atoms with Crippen LogP contribution < -0.4 is 42.5 Å². The summed E-state index contributed by atoms with van der Waals surface area (Å²) >= 11 is 18.0. The van der Waals surface area contributed by atoms with Crippen molar-refractivity contribution < 1.29 is 44.9 Å². The Morgan fingerprint density at radius 3 is 0.971 bits per heavy atom. The fourth-order valence-electron chi connectivity index (χ4n) is 11.2. The number of nitrogens with zero attached hydrogens (tertiary/aromatic N) is 20. The van der Waals surface area contributed by atoms with Crippen molar-refractivity contribution in [3.63, 3.8) is 0 Å². The predicted octanol–water partition coefficient (Wildman–Crippen LogP) is 8.54. The number of nitrogen functional groups attached to an aromatic ring is 4. The minimum atomic E-state index is -4.39. The van der Waals surface area contributed by atoms with Crippen LogP contribution in [0.3, 0.4) is 0 Å². The van der Waals surface area contributed by atoms with Gasteiger partial charge in [-0.15, -0.1) is 0 Å². The second kappa shape index (κ2) is 31.1. The lowest BCUT2D eigenvalue weighted by Gasteiger charge is -2.28. The van der Waals surface area contributed by atoms with E-state index in [1.165, 1.54) is 36.7 Å². The highest BCUT2D eigenvalue weighted by Crippen LogP contribution is 2.35. The van der Waals surface area contributed by atoms with E-state index in [-0.39, 0.29) is 33.7 Å². The van der Waals surface area contributed by atoms with Crippen LogP contribution in [0.2, 0.25) is 15.1 Å². The molecule has 12 heterocycles. The van der Waals surface area contributed by atoms with Gasteiger partial charge in [-0.2, -0.15) is 53.0 Å². The Bertz CT molecular complexity index is 5110. The average molecular weight is 1500 g/mol. The van der Waals surface area contributed by atoms with Gasteiger partial charge in [0.15, 0.2) is 77.8 Å². The molecule has 0 bridgehead atoms. The number of hydrogen-bond acceptors (Lipinski definition) is 30. The predicted molar refractivity (Wildman–Crippen MR) is 385 cm³/mol. The summed E-state index contributed by atoms with van der Waals surface area (Å²) < 4.78 is 96.5. The number of anilines is 8. The summed E-state index contributed by atoms with van der Waals surface area (Å²) in [7, 11) is -3.25. The quantitative estimate of drug-likeness (QED) is 0.0983. The standard InChI is InChI=1S/C17H15F3N6O.C17H18N6O3S.C16H14Cl2N6O.C16H14ClFN6O/c18-17(19,20)11-3-1-10(2-4-11)12-9-22-14-13(23-12)15(25-16(21)24-14)26-5-7-27-8-6-26;1-27(24,25)12-4-2-11(3-5-12)13-10-19-15-14(20-13)16(22-17(18)21-15)23-6-8-26-9-7-23;17-10-2-1-9(7-11(10)18)12-8-20-14-13(21-12)15(23-16(19)22-14)24-3-5-25-6-4-24;17-10-7-9(1-2-11(10)18)12-8-20-14-13(21-12)15(23-16(19)22-14)24-3-5-25-6-4-24/h1-4,9H,5-8H2,(H2,21,22,24,25);2-5,10H,6-9H2,1H3,(H2,18,19,21,22);2*1-2,7-8H,3-6H2,(H2,19,20,22,23). The second-order valence-corrected chi connectivity index (χ2v) is 26.6. The van der Waals surface area contributed by atoms with Gasteiger partial charge in [-0.1, -0.05) is 65.1 Å². The van der Waals surface area contributed by atoms with Crippen molar-refractivity contribution in [3.8, 4) is 45.0 Å². The summed E-state index contributed by atoms with van der Waals surface area (Å²) in [6.07, 6.45) is 3.03. The van der Waals surface area contributed by atoms with Crippen LogP contribution in [0.1, 0.15) is 5.56 Å². The first kappa shape index (κ1) is 71.7. The Balaban J connectivity index is 0.000000123. The third-order valence-corrected chi connectivity index (χ3v) is 18.5. The molecule has 8 aromatic heterocycles. The molecule has 0 amide bonds. The third kappa shape index (κ3) is 16.7. The normalized spacial score (nSPS) is 15.1. The molecular formula is C66H61Cl3F4N24O6S. The van der Waals surface area contributed by atoms with Crippen LogP contribution in [0, 0.1) is 5.82 Å². The molecule has 4 saturated heterocycles. The van der Waals surface area contributed by atoms with Crippen molar-refractivity contribution in [2.75, 3.05) is 154 Å². The topological polar surface area (TPSA) is 394 Å². The summed E-state index contributed by atoms with van der Waals surface area (Å²) in [6, 6.07) is 21.0. The van der Waals surface area contributed by atoms with E-state index < -0.39 is 27.4 Å². The molecule has 16 rings (SSSR count). The van der Waals surface area contributed by atoms with E-state index in [2.05, 4.69) is 84.6 Å². The van der Waals surface area contributed by atoms with E-state index in [0.717, 1.165) is 23.3 Å². The van der Waals surface area contributed by atoms with E-state index in [1.807, 2.05) is 15.9 Å². The number of rotatable bonds is 9. The van der Waals surface area contributed by atoms with Crippen LogP contribution in [0.4, 0.5) is 64.6 Å². The molecule has 0 radical (unpaired) electrons. The van der Waals surface area contributed by atoms with Crippen molar-refractivity contribution in [2.45, 2.75) is 11.1 Å². The maximum absolute atomic E-state index is 13.4. The first-order valence-corrected chi connectivity index (χ1v) is 35.0. The van der Waals surface area contributed by atoms with Gasteiger partial charge < -0.3 is 61.5 Å². The molecule has 0 atom stereocenters. The molecular weight excluding hydrogens is 1440 g/mol. The number of nitrogens with two attached hydrogens (primary N) is 4. The van der Waals surface area contributed by atoms with Crippen molar-refractivity contribution in [1.29, 1.82) is 0 Å². The average Bonchev–Trinajstić information content (AvgIpc) is 0.784. The number of hydrogen-bond donors (Lipinski definition) is 4. The molecule has 4 fully saturated rings. The Hall–Kier alpha value is -10.7. The molecule has 4 aliphatic heterocycles. The maximum atomic E-state index is 13.4. The van der Waals surface area contributed by atoms with E-state index in [1.54, 1.807) is 61.1 Å². The summed E-state index contributed by atoms with van der Waals surface area (Å²) in [5.74, 6) is 2.51. The molecule has 4 aromatic carbocycles. The lowest BCUT2D eigenvalue weighted by atomic mass is 10.1. The molecule has 4 aliphatic rings. The van der Waals surface area contributed by atoms with Crippen LogP contribution in [0.25, 0.3) is 89.7 Å². The number of benzene rings is 4. The van der Waals surface area contributed by atoms with Crippen LogP contribution in [0.5, 0.6) is 0 Å². The van der Waals surface area contributed by atoms with Crippen molar-refractivity contribution >= 4 is 136 Å². The number of sulfone groups is 1. The number of morpholine rings is 4. The minimum Gasteiger partial charge on any atom is -0.378 e. The molecule has 0 saturated carbocycles. The lowest BCUT2D eigenvalue weighted by Crippen LogP contribution is -2.37. The Morgan fingerprint density at radius 2 is 0.673 bits per heavy atom. The van der Waals surface area contributed by atoms with Crippen molar-refractivity contribution in [2.24, 2.45) is 0 Å². The minimum absolute atomic E-state index is 0.0290. The van der Waals surface area contributed by atoms with E-state index in [4.69, 9.17) is 81.7 Å². The fourth-order valence-corrected chi connectivity index (χ4v) is 12.3. The summed E-state index contributed by atoms with van der Waals surface area (Å²) in [6.45, 7) is 10.2. The van der Waals surface area contributed by atoms with Gasteiger partial charge in [-0.25, -0.2) is 52.7 Å². The summed E-state index contributed by atoms with van der Waals surface area (Å²) in [5.41, 5.74) is 31.3. The largest absolute Gasteiger partial charge is 0.416 e. The van der Waals surface area contributed by atoms with Gasteiger partial charge in [0.2, 0.25) is 23.8 Å². The van der Waals surface area contributed by atoms with Gasteiger partial charge in [0.25, 0.3) is 0 Å². The van der Waals surface area contributed by atoms with Gasteiger partial charge in [-0.3, -0.25) is 0 Å². The summed E-state index contributed by atoms with van der Waals surface area (Å²) in [4.78, 5) is 78.3. The fraction of sp³-hybridized carbons (Fsp3) is 0.273. The maximum Gasteiger partial charge on any atom is 0.416 e. The molecule has 38 heteroatoms. The molecule has 104 heavy (non-hydrogen) atoms. The number of aromatic nitrogens is 16. The highest BCUT2D eigenvalue weighted by atomic mass is 35.5. The van der Waals surface area contributed by atoms with E-state index in [0.29, 0.717) is 217 Å². The number of halogens is 7. The molecule has 8 N–H and O–H groups in total. The van der Waals surface area contributed by atoms with Gasteiger partial charge >= 0.3 is 6.18 Å². The summed E-state index contributed by atoms with van der Waals surface area (Å²) in [5, 5.41) is 0.980. The SMILES string of the molecule is CS(=O)(=O)c1ccc(-c2cnc3nc(N)nc(N4CCOCC4)c3n2)cc1.Nc1nc(N2CCOCC2)c2nc(-c3ccc(C(F)(F)F)cc3)cnc2n1.Nc1nc(N2CCOCC2)c2nc(-c3ccc(Cl)c(Cl)c3)cnc2n1.Nc1nc(N2CCOCC2)c2nc(-c3ccc(F)c(Cl)c3)cnc2n1. The Morgan fingerprint density at radius 1 is 0.385 bits per heavy atom. The van der Waals surface area contributed by atoms with E-state index in [9.17, 15) is 26.0 Å². The zero-order chi connectivity index (χ0) is 72.8. The van der Waals surface area contributed by atoms with Gasteiger partial charge in [0, 0.05) is 80.9 Å². The first-order valence-electron chi connectivity index (χ1n) is 32.0. The van der Waals surface area contributed by atoms with Crippen molar-refractivity contribution in [3.05, 3.63) is 136 Å². The third-order valence-electron chi connectivity index (χ3n) is 16.4. The van der Waals surface area contributed by atoms with Crippen LogP contribution in [0.15, 0.2) is 115 Å². The zero-order valence-corrected chi connectivity index (χ0v) is 58.0. The monoisotopic (exact) mass is 1500 g/mol. The molecule has 30 nitrogen and oxygen atoms in total. The zero-order valence-electron chi connectivity index (χ0n) is 55.0. The lowest BCUT2D eigenvalue weighted by molar-refractivity contribution is -0.137. The second-order valence-electron chi connectivity index (χ2n) is 23.4. The molecule has 12 aromatic rings. The smallest absolute Gasteiger partial charge is 0.378 e. The van der Waals surface area contributed by atoms with E-state index >= 15 is 0 Å². The highest BCUT2D eigenvalue weighted by Gasteiger charge is 2.31. The Labute approximate surface area is 604 Å². The number of alkyl halides is 3. The van der Waals surface area contributed by atoms with Gasteiger partial charge in [0.1, 0.15) is 5.82 Å².